The molecule has 0 unspecified atom stereocenters. The van der Waals surface area contributed by atoms with Crippen LogP contribution < -0.4 is 10.1 Å². The van der Waals surface area contributed by atoms with Crippen molar-refractivity contribution in [2.24, 2.45) is 0 Å². The summed E-state index contributed by atoms with van der Waals surface area (Å²) >= 11 is 0. The molecule has 2 heterocycles. The molecule has 0 aliphatic carbocycles. The quantitative estimate of drug-likeness (QED) is 0.579. The highest BCUT2D eigenvalue weighted by molar-refractivity contribution is 6.07. The first-order valence-electron chi connectivity index (χ1n) is 8.24. The molecule has 2 aromatic carbocycles. The molecule has 2 N–H and O–H groups in total. The van der Waals surface area contributed by atoms with Crippen molar-refractivity contribution in [3.8, 4) is 17.1 Å². The number of pyridine rings is 1. The summed E-state index contributed by atoms with van der Waals surface area (Å²) in [6, 6.07) is 14.6. The third-order valence-electron chi connectivity index (χ3n) is 4.18. The topological polar surface area (TPSA) is 106 Å². The number of aromatic nitrogens is 5. The maximum Gasteiger partial charge on any atom is 0.257 e. The van der Waals surface area contributed by atoms with E-state index in [1.165, 1.54) is 0 Å². The molecule has 0 fully saturated rings. The number of H-pyrrole nitrogens is 1. The van der Waals surface area contributed by atoms with Crippen LogP contribution in [0, 0.1) is 6.92 Å². The highest BCUT2D eigenvalue weighted by atomic mass is 16.5. The standard InChI is InChI=1S/C19H16N6O2/c1-11-16(10-13-9-15(27-2)6-7-17(13)20-11)19(26)21-14-5-3-4-12(8-14)18-22-24-25-23-18/h3-10H,1-2H3,(H,21,26)(H,22,23,24,25). The summed E-state index contributed by atoms with van der Waals surface area (Å²) in [6.07, 6.45) is 0. The summed E-state index contributed by atoms with van der Waals surface area (Å²) in [6.45, 7) is 1.81. The highest BCUT2D eigenvalue weighted by Crippen LogP contribution is 2.23. The van der Waals surface area contributed by atoms with Crippen molar-refractivity contribution in [2.75, 3.05) is 12.4 Å². The molecule has 0 radical (unpaired) electrons. The summed E-state index contributed by atoms with van der Waals surface area (Å²) < 4.78 is 5.25. The van der Waals surface area contributed by atoms with Crippen LogP contribution in [0.4, 0.5) is 5.69 Å². The van der Waals surface area contributed by atoms with Gasteiger partial charge in [0.25, 0.3) is 5.91 Å². The number of hydrogen-bond donors (Lipinski definition) is 2. The van der Waals surface area contributed by atoms with Crippen LogP contribution in [0.15, 0.2) is 48.5 Å². The first kappa shape index (κ1) is 16.6. The van der Waals surface area contributed by atoms with E-state index < -0.39 is 0 Å². The summed E-state index contributed by atoms with van der Waals surface area (Å²) in [5.74, 6) is 0.934. The molecule has 0 spiro atoms. The molecule has 0 aliphatic rings. The van der Waals surface area contributed by atoms with Gasteiger partial charge in [0.05, 0.1) is 23.9 Å². The molecule has 0 atom stereocenters. The Morgan fingerprint density at radius 3 is 2.81 bits per heavy atom. The lowest BCUT2D eigenvalue weighted by Gasteiger charge is -2.10. The van der Waals surface area contributed by atoms with Crippen LogP contribution in [0.2, 0.25) is 0 Å². The van der Waals surface area contributed by atoms with Gasteiger partial charge in [0.1, 0.15) is 5.75 Å². The Kier molecular flexibility index (Phi) is 4.21. The number of carbonyl (C=O) groups is 1. The lowest BCUT2D eigenvalue weighted by atomic mass is 10.1. The number of carbonyl (C=O) groups excluding carboxylic acids is 1. The fraction of sp³-hybridized carbons (Fsp3) is 0.105. The van der Waals surface area contributed by atoms with E-state index in [1.807, 2.05) is 43.3 Å². The van der Waals surface area contributed by atoms with Crippen molar-refractivity contribution in [3.63, 3.8) is 0 Å². The molecule has 2 aromatic heterocycles. The molecule has 27 heavy (non-hydrogen) atoms. The van der Waals surface area contributed by atoms with Gasteiger partial charge in [-0.2, -0.15) is 5.21 Å². The van der Waals surface area contributed by atoms with Crippen LogP contribution in [0.25, 0.3) is 22.3 Å². The van der Waals surface area contributed by atoms with Gasteiger partial charge in [0, 0.05) is 16.6 Å². The number of aryl methyl sites for hydroxylation is 1. The number of amides is 1. The fourth-order valence-corrected chi connectivity index (χ4v) is 2.83. The smallest absolute Gasteiger partial charge is 0.257 e. The zero-order valence-corrected chi connectivity index (χ0v) is 14.7. The first-order chi connectivity index (χ1) is 13.1. The van der Waals surface area contributed by atoms with Crippen molar-refractivity contribution < 1.29 is 9.53 Å². The largest absolute Gasteiger partial charge is 0.497 e. The minimum atomic E-state index is -0.241. The molecule has 0 saturated carbocycles. The van der Waals surface area contributed by atoms with Crippen molar-refractivity contribution in [1.82, 2.24) is 25.6 Å². The fourth-order valence-electron chi connectivity index (χ4n) is 2.83. The second kappa shape index (κ2) is 6.83. The van der Waals surface area contributed by atoms with E-state index in [4.69, 9.17) is 4.74 Å². The molecular formula is C19H16N6O2. The highest BCUT2D eigenvalue weighted by Gasteiger charge is 2.13. The monoisotopic (exact) mass is 360 g/mol. The van der Waals surface area contributed by atoms with Crippen LogP contribution in [0.3, 0.4) is 0 Å². The molecule has 0 bridgehead atoms. The average Bonchev–Trinajstić information content (AvgIpc) is 3.22. The van der Waals surface area contributed by atoms with E-state index in [0.29, 0.717) is 28.5 Å². The number of hydrogen-bond acceptors (Lipinski definition) is 6. The Hall–Kier alpha value is -3.81. The van der Waals surface area contributed by atoms with Crippen LogP contribution >= 0.6 is 0 Å². The zero-order chi connectivity index (χ0) is 18.8. The number of nitrogens with one attached hydrogen (secondary N) is 2. The van der Waals surface area contributed by atoms with Gasteiger partial charge in [-0.25, -0.2) is 0 Å². The number of benzene rings is 2. The number of fused-ring (bicyclic) bond motifs is 1. The van der Waals surface area contributed by atoms with Crippen LogP contribution in [0.1, 0.15) is 16.1 Å². The number of ether oxygens (including phenoxy) is 1. The van der Waals surface area contributed by atoms with Crippen LogP contribution in [-0.2, 0) is 0 Å². The van der Waals surface area contributed by atoms with Crippen molar-refractivity contribution in [1.29, 1.82) is 0 Å². The third kappa shape index (κ3) is 3.32. The maximum atomic E-state index is 12.8. The lowest BCUT2D eigenvalue weighted by Crippen LogP contribution is -2.14. The van der Waals surface area contributed by atoms with Gasteiger partial charge in [-0.1, -0.05) is 12.1 Å². The second-order valence-corrected chi connectivity index (χ2v) is 5.95. The number of rotatable bonds is 4. The Bertz CT molecular complexity index is 1120. The predicted molar refractivity (Wildman–Crippen MR) is 101 cm³/mol. The Morgan fingerprint density at radius 1 is 1.15 bits per heavy atom. The van der Waals surface area contributed by atoms with E-state index >= 15 is 0 Å². The van der Waals surface area contributed by atoms with Gasteiger partial charge in [-0.05, 0) is 48.5 Å². The Morgan fingerprint density at radius 2 is 2.04 bits per heavy atom. The van der Waals surface area contributed by atoms with Gasteiger partial charge in [-0.3, -0.25) is 9.78 Å². The van der Waals surface area contributed by atoms with E-state index in [0.717, 1.165) is 16.5 Å². The normalized spacial score (nSPS) is 10.7. The summed E-state index contributed by atoms with van der Waals surface area (Å²) in [5, 5.41) is 17.6. The molecule has 4 rings (SSSR count). The minimum absolute atomic E-state index is 0.241. The first-order valence-corrected chi connectivity index (χ1v) is 8.24. The third-order valence-corrected chi connectivity index (χ3v) is 4.18. The Labute approximate surface area is 154 Å². The molecule has 8 heteroatoms. The number of methoxy groups -OCH3 is 1. The minimum Gasteiger partial charge on any atom is -0.497 e. The van der Waals surface area contributed by atoms with Crippen molar-refractivity contribution in [2.45, 2.75) is 6.92 Å². The SMILES string of the molecule is COc1ccc2nc(C)c(C(=O)Nc3cccc(-c4nn[nH]n4)c3)cc2c1. The summed E-state index contributed by atoms with van der Waals surface area (Å²) in [7, 11) is 1.60. The summed E-state index contributed by atoms with van der Waals surface area (Å²) in [4.78, 5) is 17.3. The molecule has 0 saturated heterocycles. The lowest BCUT2D eigenvalue weighted by molar-refractivity contribution is 0.102. The van der Waals surface area contributed by atoms with Gasteiger partial charge in [0.2, 0.25) is 5.82 Å². The number of aromatic amines is 1. The van der Waals surface area contributed by atoms with Gasteiger partial charge in [0.15, 0.2) is 0 Å². The van der Waals surface area contributed by atoms with E-state index in [1.54, 1.807) is 19.2 Å². The average molecular weight is 360 g/mol. The van der Waals surface area contributed by atoms with Gasteiger partial charge in [-0.15, -0.1) is 10.2 Å². The van der Waals surface area contributed by atoms with Gasteiger partial charge >= 0.3 is 0 Å². The molecule has 0 aliphatic heterocycles. The zero-order valence-electron chi connectivity index (χ0n) is 14.7. The molecule has 8 nitrogen and oxygen atoms in total. The van der Waals surface area contributed by atoms with Crippen molar-refractivity contribution in [3.05, 3.63) is 59.8 Å². The number of nitrogens with zero attached hydrogens (tertiary/aromatic N) is 4. The Balaban J connectivity index is 1.65. The number of tetrazole rings is 1. The van der Waals surface area contributed by atoms with Crippen LogP contribution in [0.5, 0.6) is 5.75 Å². The molecule has 4 aromatic rings. The predicted octanol–water partition coefficient (Wildman–Crippen LogP) is 2.98. The number of anilines is 1. The van der Waals surface area contributed by atoms with Gasteiger partial charge < -0.3 is 10.1 Å². The van der Waals surface area contributed by atoms with E-state index in [-0.39, 0.29) is 5.91 Å². The summed E-state index contributed by atoms with van der Waals surface area (Å²) in [5.41, 5.74) is 3.34. The molecular weight excluding hydrogens is 344 g/mol. The van der Waals surface area contributed by atoms with Crippen molar-refractivity contribution >= 4 is 22.5 Å². The van der Waals surface area contributed by atoms with E-state index in [2.05, 4.69) is 30.9 Å². The second-order valence-electron chi connectivity index (χ2n) is 5.95. The molecule has 134 valence electrons. The molecule has 1 amide bonds. The van der Waals surface area contributed by atoms with E-state index in [9.17, 15) is 4.79 Å². The van der Waals surface area contributed by atoms with Crippen LogP contribution in [-0.4, -0.2) is 38.6 Å². The maximum absolute atomic E-state index is 12.8.